The Morgan fingerprint density at radius 3 is 1.92 bits per heavy atom. The van der Waals surface area contributed by atoms with Crippen molar-refractivity contribution in [3.63, 3.8) is 0 Å². The monoisotopic (exact) mass is 470 g/mol. The second-order valence-electron chi connectivity index (χ2n) is 7.71. The van der Waals surface area contributed by atoms with Crippen molar-refractivity contribution >= 4 is 24.3 Å². The van der Waals surface area contributed by atoms with Crippen LogP contribution in [0.3, 0.4) is 0 Å². The van der Waals surface area contributed by atoms with Crippen LogP contribution in [0.5, 0.6) is 0 Å². The summed E-state index contributed by atoms with van der Waals surface area (Å²) in [5.41, 5.74) is 1.30. The van der Waals surface area contributed by atoms with Gasteiger partial charge in [0.05, 0.1) is 0 Å². The van der Waals surface area contributed by atoms with Gasteiger partial charge in [0, 0.05) is 0 Å². The van der Waals surface area contributed by atoms with Crippen molar-refractivity contribution in [3.05, 3.63) is 37.0 Å². The molecule has 0 aromatic carbocycles. The molecule has 0 amide bonds. The third-order valence-electron chi connectivity index (χ3n) is 5.08. The topological polar surface area (TPSA) is 26.3 Å². The summed E-state index contributed by atoms with van der Waals surface area (Å²) in [6, 6.07) is 0. The van der Waals surface area contributed by atoms with Crippen molar-refractivity contribution in [1.29, 1.82) is 0 Å². The standard InChI is InChI=1S/C11H15O2.3C4H9.Sn/c1-5-6-7-11(8-9(2)3)13-10(4)12;3*1-3-4-2;/h5-7,11H,1-3,8H2,4H3;3*1,3-4H2,2H3;/b7-6+;;;;/t11-;;;;/m1..../s1. The van der Waals surface area contributed by atoms with Crippen LogP contribution in [0.25, 0.3) is 0 Å². The summed E-state index contributed by atoms with van der Waals surface area (Å²) in [6.45, 7) is 16.5. The van der Waals surface area contributed by atoms with Crippen LogP contribution in [0.4, 0.5) is 0 Å². The number of hydrogen-bond donors (Lipinski definition) is 0. The molecule has 0 radical (unpaired) electrons. The molecule has 0 fully saturated rings. The third kappa shape index (κ3) is 12.0. The number of carbonyl (C=O) groups excluding carboxylic acids is 1. The molecular weight excluding hydrogens is 427 g/mol. The molecule has 0 aromatic heterocycles. The summed E-state index contributed by atoms with van der Waals surface area (Å²) in [5.74, 6) is -0.228. The zero-order valence-corrected chi connectivity index (χ0v) is 20.7. The quantitative estimate of drug-likeness (QED) is 0.102. The van der Waals surface area contributed by atoms with Gasteiger partial charge >= 0.3 is 167 Å². The summed E-state index contributed by atoms with van der Waals surface area (Å²) in [6.07, 6.45) is 14.1. The fourth-order valence-electron chi connectivity index (χ4n) is 3.75. The van der Waals surface area contributed by atoms with E-state index in [2.05, 4.69) is 33.9 Å². The molecule has 0 unspecified atom stereocenters. The molecular formula is C23H42O2Sn. The maximum absolute atomic E-state index is 11.4. The Labute approximate surface area is 167 Å². The van der Waals surface area contributed by atoms with Gasteiger partial charge in [-0.3, -0.25) is 0 Å². The first kappa shape index (κ1) is 25.5. The molecule has 0 saturated carbocycles. The van der Waals surface area contributed by atoms with Gasteiger partial charge in [-0.25, -0.2) is 0 Å². The zero-order valence-electron chi connectivity index (χ0n) is 17.8. The molecule has 26 heavy (non-hydrogen) atoms. The van der Waals surface area contributed by atoms with Crippen molar-refractivity contribution in [2.75, 3.05) is 0 Å². The fraction of sp³-hybridized carbons (Fsp3) is 0.696. The molecule has 0 rings (SSSR count). The van der Waals surface area contributed by atoms with E-state index in [-0.39, 0.29) is 12.1 Å². The van der Waals surface area contributed by atoms with Crippen LogP contribution < -0.4 is 0 Å². The number of carbonyl (C=O) groups is 1. The first-order valence-corrected chi connectivity index (χ1v) is 18.6. The van der Waals surface area contributed by atoms with Gasteiger partial charge in [0.15, 0.2) is 0 Å². The number of allylic oxidation sites excluding steroid dienone is 2. The first-order valence-electron chi connectivity index (χ1n) is 10.6. The molecule has 0 saturated heterocycles. The van der Waals surface area contributed by atoms with E-state index in [0.29, 0.717) is 0 Å². The number of esters is 1. The zero-order chi connectivity index (χ0) is 19.8. The number of unbranched alkanes of at least 4 members (excludes halogenated alkanes) is 3. The molecule has 150 valence electrons. The third-order valence-corrected chi connectivity index (χ3v) is 20.8. The molecule has 0 aliphatic rings. The Morgan fingerprint density at radius 1 is 1.04 bits per heavy atom. The van der Waals surface area contributed by atoms with E-state index in [4.69, 9.17) is 4.74 Å². The van der Waals surface area contributed by atoms with E-state index in [1.54, 1.807) is 6.08 Å². The summed E-state index contributed by atoms with van der Waals surface area (Å²) in [4.78, 5) is 11.4. The van der Waals surface area contributed by atoms with Crippen LogP contribution in [0, 0.1) is 0 Å². The molecule has 2 nitrogen and oxygen atoms in total. The molecule has 0 aliphatic carbocycles. The molecule has 0 heterocycles. The molecule has 3 heteroatoms. The Balaban J connectivity index is 5.15. The van der Waals surface area contributed by atoms with Crippen LogP contribution in [-0.2, 0) is 9.53 Å². The van der Waals surface area contributed by atoms with Crippen LogP contribution in [0.1, 0.15) is 72.6 Å². The van der Waals surface area contributed by atoms with Crippen LogP contribution in [0.2, 0.25) is 17.7 Å². The number of hydrogen-bond acceptors (Lipinski definition) is 2. The number of rotatable bonds is 16. The second kappa shape index (κ2) is 15.5. The van der Waals surface area contributed by atoms with Crippen LogP contribution >= 0.6 is 0 Å². The van der Waals surface area contributed by atoms with Crippen LogP contribution in [0.15, 0.2) is 37.0 Å². The number of ether oxygens (including phenoxy) is 1. The van der Waals surface area contributed by atoms with E-state index in [0.717, 1.165) is 6.42 Å². The van der Waals surface area contributed by atoms with E-state index in [1.807, 2.05) is 12.2 Å². The minimum atomic E-state index is -2.22. The molecule has 1 atom stereocenters. The average Bonchev–Trinajstić information content (AvgIpc) is 2.60. The maximum atomic E-state index is 11.4. The van der Waals surface area contributed by atoms with E-state index in [1.165, 1.54) is 68.8 Å². The van der Waals surface area contributed by atoms with E-state index >= 15 is 0 Å². The Bertz CT molecular complexity index is 418. The normalized spacial score (nSPS) is 12.9. The van der Waals surface area contributed by atoms with Crippen LogP contribution in [-0.4, -0.2) is 30.5 Å². The van der Waals surface area contributed by atoms with Gasteiger partial charge in [0.2, 0.25) is 0 Å². The van der Waals surface area contributed by atoms with Gasteiger partial charge in [0.25, 0.3) is 0 Å². The Hall–Kier alpha value is -0.511. The van der Waals surface area contributed by atoms with Gasteiger partial charge < -0.3 is 0 Å². The average molecular weight is 469 g/mol. The van der Waals surface area contributed by atoms with Crippen molar-refractivity contribution in [1.82, 2.24) is 0 Å². The molecule has 0 bridgehead atoms. The molecule has 0 N–H and O–H groups in total. The fourth-order valence-corrected chi connectivity index (χ4v) is 20.3. The van der Waals surface area contributed by atoms with Gasteiger partial charge in [0.1, 0.15) is 0 Å². The van der Waals surface area contributed by atoms with Crippen molar-refractivity contribution in [2.45, 2.75) is 96.5 Å². The van der Waals surface area contributed by atoms with Gasteiger partial charge in [-0.15, -0.1) is 0 Å². The molecule has 0 spiro atoms. The van der Waals surface area contributed by atoms with Crippen molar-refractivity contribution in [3.8, 4) is 0 Å². The van der Waals surface area contributed by atoms with Gasteiger partial charge in [-0.1, -0.05) is 0 Å². The summed E-state index contributed by atoms with van der Waals surface area (Å²) in [7, 11) is 0. The van der Waals surface area contributed by atoms with Crippen molar-refractivity contribution in [2.24, 2.45) is 0 Å². The molecule has 0 aromatic rings. The summed E-state index contributed by atoms with van der Waals surface area (Å²) in [5, 5.41) is 0. The Kier molecular flexibility index (Phi) is 15.2. The van der Waals surface area contributed by atoms with E-state index < -0.39 is 18.4 Å². The second-order valence-corrected chi connectivity index (χ2v) is 21.6. The van der Waals surface area contributed by atoms with Gasteiger partial charge in [-0.2, -0.15) is 0 Å². The predicted molar refractivity (Wildman–Crippen MR) is 118 cm³/mol. The Morgan fingerprint density at radius 2 is 1.54 bits per heavy atom. The molecule has 0 aliphatic heterocycles. The SMILES string of the molecule is C=C/C=C/[C@H](CC(=C)[CH2][Sn]([CH2]CCC)([CH2]CCC)[CH2]CCC)OC(C)=O. The minimum absolute atomic E-state index is 0.203. The van der Waals surface area contributed by atoms with Gasteiger partial charge in [-0.05, 0) is 0 Å². The first-order chi connectivity index (χ1) is 12.4. The predicted octanol–water partition coefficient (Wildman–Crippen LogP) is 7.46. The van der Waals surface area contributed by atoms with Crippen molar-refractivity contribution < 1.29 is 9.53 Å². The summed E-state index contributed by atoms with van der Waals surface area (Å²) < 4.78 is 11.2. The van der Waals surface area contributed by atoms with E-state index in [9.17, 15) is 4.79 Å². The summed E-state index contributed by atoms with van der Waals surface area (Å²) >= 11 is -2.22.